The zero-order valence-electron chi connectivity index (χ0n) is 16.3. The van der Waals surface area contributed by atoms with Crippen LogP contribution in [0.1, 0.15) is 33.1 Å². The van der Waals surface area contributed by atoms with Gasteiger partial charge in [-0.25, -0.2) is 4.79 Å². The summed E-state index contributed by atoms with van der Waals surface area (Å²) in [5, 5.41) is 3.24. The zero-order chi connectivity index (χ0) is 18.5. The summed E-state index contributed by atoms with van der Waals surface area (Å²) < 4.78 is 5.33. The molecule has 3 aliphatic rings. The number of amides is 3. The lowest BCUT2D eigenvalue weighted by Gasteiger charge is -2.39. The van der Waals surface area contributed by atoms with Crippen LogP contribution in [-0.4, -0.2) is 91.7 Å². The van der Waals surface area contributed by atoms with Crippen molar-refractivity contribution >= 4 is 11.9 Å². The molecule has 2 heterocycles. The van der Waals surface area contributed by atoms with Gasteiger partial charge in [0.25, 0.3) is 0 Å². The van der Waals surface area contributed by atoms with Crippen molar-refractivity contribution in [2.45, 2.75) is 39.2 Å². The van der Waals surface area contributed by atoms with Crippen molar-refractivity contribution < 1.29 is 14.3 Å². The van der Waals surface area contributed by atoms with Crippen LogP contribution in [0.3, 0.4) is 0 Å². The molecular weight excluding hydrogens is 332 g/mol. The lowest BCUT2D eigenvalue weighted by atomic mass is 9.78. The monoisotopic (exact) mass is 366 g/mol. The minimum Gasteiger partial charge on any atom is -0.379 e. The highest BCUT2D eigenvalue weighted by Gasteiger charge is 2.31. The second kappa shape index (κ2) is 9.04. The van der Waals surface area contributed by atoms with E-state index in [0.29, 0.717) is 57.8 Å². The molecule has 3 atom stereocenters. The van der Waals surface area contributed by atoms with Gasteiger partial charge < -0.3 is 19.9 Å². The van der Waals surface area contributed by atoms with Crippen molar-refractivity contribution in [3.63, 3.8) is 0 Å². The van der Waals surface area contributed by atoms with Crippen molar-refractivity contribution in [2.75, 3.05) is 59.0 Å². The summed E-state index contributed by atoms with van der Waals surface area (Å²) >= 11 is 0. The maximum atomic E-state index is 12.6. The molecule has 3 unspecified atom stereocenters. The van der Waals surface area contributed by atoms with Crippen LogP contribution in [-0.2, 0) is 9.53 Å². The van der Waals surface area contributed by atoms with E-state index < -0.39 is 0 Å². The standard InChI is InChI=1S/C19H34N4O3/c1-15-4-3-5-17(16(15)2)20-19(25)23-8-6-22(7-9-23)18(24)14-21-10-12-26-13-11-21/h15-17H,3-14H2,1-2H3,(H,20,25). The highest BCUT2D eigenvalue weighted by Crippen LogP contribution is 2.29. The number of urea groups is 1. The van der Waals surface area contributed by atoms with Gasteiger partial charge in [-0.3, -0.25) is 9.69 Å². The van der Waals surface area contributed by atoms with Gasteiger partial charge in [-0.15, -0.1) is 0 Å². The molecule has 0 aromatic heterocycles. The van der Waals surface area contributed by atoms with E-state index >= 15 is 0 Å². The number of ether oxygens (including phenoxy) is 1. The quantitative estimate of drug-likeness (QED) is 0.809. The van der Waals surface area contributed by atoms with E-state index in [2.05, 4.69) is 24.1 Å². The fraction of sp³-hybridized carbons (Fsp3) is 0.895. The van der Waals surface area contributed by atoms with Crippen LogP contribution >= 0.6 is 0 Å². The second-order valence-electron chi connectivity index (χ2n) is 8.08. The van der Waals surface area contributed by atoms with Crippen LogP contribution in [0.2, 0.25) is 0 Å². The second-order valence-corrected chi connectivity index (χ2v) is 8.08. The largest absolute Gasteiger partial charge is 0.379 e. The minimum atomic E-state index is 0.0382. The Morgan fingerprint density at radius 1 is 0.962 bits per heavy atom. The van der Waals surface area contributed by atoms with Crippen LogP contribution < -0.4 is 5.32 Å². The number of hydrogen-bond acceptors (Lipinski definition) is 4. The molecule has 2 saturated heterocycles. The summed E-state index contributed by atoms with van der Waals surface area (Å²) in [7, 11) is 0. The molecule has 7 nitrogen and oxygen atoms in total. The summed E-state index contributed by atoms with van der Waals surface area (Å²) in [5.41, 5.74) is 0. The van der Waals surface area contributed by atoms with Gasteiger partial charge in [0.05, 0.1) is 19.8 Å². The third-order valence-electron chi connectivity index (χ3n) is 6.40. The van der Waals surface area contributed by atoms with Gasteiger partial charge in [0.15, 0.2) is 0 Å². The van der Waals surface area contributed by atoms with E-state index in [0.717, 1.165) is 19.5 Å². The number of piperazine rings is 1. The number of carbonyl (C=O) groups excluding carboxylic acids is 2. The van der Waals surface area contributed by atoms with E-state index in [-0.39, 0.29) is 18.0 Å². The average molecular weight is 367 g/mol. The number of nitrogens with zero attached hydrogens (tertiary/aromatic N) is 3. The molecule has 0 radical (unpaired) electrons. The molecule has 26 heavy (non-hydrogen) atoms. The van der Waals surface area contributed by atoms with Gasteiger partial charge in [0.1, 0.15) is 0 Å². The van der Waals surface area contributed by atoms with Gasteiger partial charge in [0.2, 0.25) is 5.91 Å². The van der Waals surface area contributed by atoms with Crippen LogP contribution in [0.4, 0.5) is 4.79 Å². The average Bonchev–Trinajstić information content (AvgIpc) is 2.66. The van der Waals surface area contributed by atoms with Gasteiger partial charge in [-0.05, 0) is 18.3 Å². The van der Waals surface area contributed by atoms with Crippen molar-refractivity contribution in [1.82, 2.24) is 20.0 Å². The molecule has 0 aromatic rings. The minimum absolute atomic E-state index is 0.0382. The van der Waals surface area contributed by atoms with Crippen LogP contribution in [0.15, 0.2) is 0 Å². The van der Waals surface area contributed by atoms with Crippen molar-refractivity contribution in [3.05, 3.63) is 0 Å². The van der Waals surface area contributed by atoms with Crippen LogP contribution in [0, 0.1) is 11.8 Å². The highest BCUT2D eigenvalue weighted by atomic mass is 16.5. The maximum absolute atomic E-state index is 12.6. The van der Waals surface area contributed by atoms with Gasteiger partial charge in [-0.1, -0.05) is 26.7 Å². The lowest BCUT2D eigenvalue weighted by Crippen LogP contribution is -2.57. The molecule has 2 aliphatic heterocycles. The van der Waals surface area contributed by atoms with E-state index in [9.17, 15) is 9.59 Å². The molecule has 0 aromatic carbocycles. The fourth-order valence-electron chi connectivity index (χ4n) is 4.25. The third kappa shape index (κ3) is 4.88. The fourth-order valence-corrected chi connectivity index (χ4v) is 4.25. The summed E-state index contributed by atoms with van der Waals surface area (Å²) in [4.78, 5) is 31.0. The Morgan fingerprint density at radius 3 is 2.31 bits per heavy atom. The van der Waals surface area contributed by atoms with Crippen molar-refractivity contribution in [3.8, 4) is 0 Å². The number of rotatable bonds is 3. The lowest BCUT2D eigenvalue weighted by molar-refractivity contribution is -0.134. The Hall–Kier alpha value is -1.34. The van der Waals surface area contributed by atoms with Gasteiger partial charge in [-0.2, -0.15) is 0 Å². The Labute approximate surface area is 157 Å². The summed E-state index contributed by atoms with van der Waals surface area (Å²) in [6.45, 7) is 10.6. The van der Waals surface area contributed by atoms with Crippen molar-refractivity contribution in [2.24, 2.45) is 11.8 Å². The van der Waals surface area contributed by atoms with Crippen LogP contribution in [0.5, 0.6) is 0 Å². The Bertz CT molecular complexity index is 487. The van der Waals surface area contributed by atoms with Crippen molar-refractivity contribution in [1.29, 1.82) is 0 Å². The first-order valence-corrected chi connectivity index (χ1v) is 10.2. The van der Waals surface area contributed by atoms with Gasteiger partial charge >= 0.3 is 6.03 Å². The molecule has 148 valence electrons. The molecule has 3 fully saturated rings. The normalized spacial score (nSPS) is 30.9. The SMILES string of the molecule is CC1CCCC(NC(=O)N2CCN(C(=O)CN3CCOCC3)CC2)C1C. The molecule has 1 N–H and O–H groups in total. The molecule has 1 aliphatic carbocycles. The molecule has 7 heteroatoms. The molecule has 3 rings (SSSR count). The summed E-state index contributed by atoms with van der Waals surface area (Å²) in [5.74, 6) is 1.37. The summed E-state index contributed by atoms with van der Waals surface area (Å²) in [6.07, 6.45) is 3.53. The molecular formula is C19H34N4O3. The number of morpholine rings is 1. The van der Waals surface area contributed by atoms with E-state index in [1.807, 2.05) is 9.80 Å². The van der Waals surface area contributed by atoms with E-state index in [1.54, 1.807) is 0 Å². The number of nitrogens with one attached hydrogen (secondary N) is 1. The molecule has 1 saturated carbocycles. The van der Waals surface area contributed by atoms with E-state index in [4.69, 9.17) is 4.74 Å². The first kappa shape index (κ1) is 19.4. The number of carbonyl (C=O) groups is 2. The predicted molar refractivity (Wildman–Crippen MR) is 99.9 cm³/mol. The van der Waals surface area contributed by atoms with Gasteiger partial charge in [0, 0.05) is 45.3 Å². The topological polar surface area (TPSA) is 65.1 Å². The first-order chi connectivity index (χ1) is 12.5. The number of hydrogen-bond donors (Lipinski definition) is 1. The van der Waals surface area contributed by atoms with Crippen LogP contribution in [0.25, 0.3) is 0 Å². The van der Waals surface area contributed by atoms with E-state index in [1.165, 1.54) is 12.8 Å². The summed E-state index contributed by atoms with van der Waals surface area (Å²) in [6, 6.07) is 0.323. The zero-order valence-corrected chi connectivity index (χ0v) is 16.3. The molecule has 3 amide bonds. The Kier molecular flexibility index (Phi) is 6.75. The maximum Gasteiger partial charge on any atom is 0.317 e. The molecule has 0 bridgehead atoms. The first-order valence-electron chi connectivity index (χ1n) is 10.2. The highest BCUT2D eigenvalue weighted by molar-refractivity contribution is 5.79. The smallest absolute Gasteiger partial charge is 0.317 e. The predicted octanol–water partition coefficient (Wildman–Crippen LogP) is 0.997. The molecule has 0 spiro atoms. The third-order valence-corrected chi connectivity index (χ3v) is 6.40. The Morgan fingerprint density at radius 2 is 1.62 bits per heavy atom. The Balaban J connectivity index is 1.41.